The predicted octanol–water partition coefficient (Wildman–Crippen LogP) is 4.15. The average Bonchev–Trinajstić information content (AvgIpc) is 2.71. The number of pyridine rings is 1. The molecule has 8 heteroatoms. The van der Waals surface area contributed by atoms with E-state index < -0.39 is 4.92 Å². The number of carbonyl (C=O) groups is 1. The van der Waals surface area contributed by atoms with Crippen molar-refractivity contribution in [2.24, 2.45) is 0 Å². The summed E-state index contributed by atoms with van der Waals surface area (Å²) in [5, 5.41) is 17.5. The highest BCUT2D eigenvalue weighted by Crippen LogP contribution is 2.29. The van der Waals surface area contributed by atoms with E-state index >= 15 is 0 Å². The number of carbonyl (C=O) groups excluding carboxylic acids is 1. The van der Waals surface area contributed by atoms with E-state index in [1.165, 1.54) is 6.07 Å². The molecule has 3 aromatic rings. The summed E-state index contributed by atoms with van der Waals surface area (Å²) in [6, 6.07) is 18.7. The zero-order valence-electron chi connectivity index (χ0n) is 14.8. The standard InChI is InChI=1S/C20H17ClN4O3/c21-16-9-5-4-8-15(16)20(26)23-13-12-22-18-11-10-17(25(27)28)19(24-18)14-6-2-1-3-7-14/h1-11H,12-13H2,(H,22,24)(H,23,26). The largest absolute Gasteiger partial charge is 0.368 e. The molecule has 1 heterocycles. The number of nitrogens with one attached hydrogen (secondary N) is 2. The Hall–Kier alpha value is -3.45. The van der Waals surface area contributed by atoms with Crippen molar-refractivity contribution in [2.45, 2.75) is 0 Å². The maximum absolute atomic E-state index is 12.1. The Labute approximate surface area is 166 Å². The molecule has 2 aromatic carbocycles. The van der Waals surface area contributed by atoms with Gasteiger partial charge in [-0.15, -0.1) is 0 Å². The van der Waals surface area contributed by atoms with Crippen LogP contribution in [0.15, 0.2) is 66.7 Å². The summed E-state index contributed by atoms with van der Waals surface area (Å²) in [5.74, 6) is 0.213. The maximum atomic E-state index is 12.1. The van der Waals surface area contributed by atoms with Crippen LogP contribution in [0.4, 0.5) is 11.5 Å². The summed E-state index contributed by atoms with van der Waals surface area (Å²) in [6.07, 6.45) is 0. The van der Waals surface area contributed by atoms with Gasteiger partial charge in [-0.2, -0.15) is 0 Å². The van der Waals surface area contributed by atoms with E-state index in [9.17, 15) is 14.9 Å². The first-order valence-electron chi connectivity index (χ1n) is 8.53. The van der Waals surface area contributed by atoms with Crippen LogP contribution in [0, 0.1) is 10.1 Å². The minimum Gasteiger partial charge on any atom is -0.368 e. The maximum Gasteiger partial charge on any atom is 0.295 e. The van der Waals surface area contributed by atoms with Crippen LogP contribution in [-0.2, 0) is 0 Å². The van der Waals surface area contributed by atoms with Gasteiger partial charge in [-0.3, -0.25) is 14.9 Å². The van der Waals surface area contributed by atoms with Gasteiger partial charge in [0, 0.05) is 24.7 Å². The van der Waals surface area contributed by atoms with E-state index in [4.69, 9.17) is 11.6 Å². The van der Waals surface area contributed by atoms with Crippen LogP contribution in [0.25, 0.3) is 11.3 Å². The summed E-state index contributed by atoms with van der Waals surface area (Å²) >= 11 is 6.00. The molecule has 0 unspecified atom stereocenters. The molecule has 0 saturated carbocycles. The molecule has 1 aromatic heterocycles. The summed E-state index contributed by atoms with van der Waals surface area (Å²) < 4.78 is 0. The van der Waals surface area contributed by atoms with Gasteiger partial charge < -0.3 is 10.6 Å². The van der Waals surface area contributed by atoms with Gasteiger partial charge in [0.25, 0.3) is 11.6 Å². The number of hydrogen-bond acceptors (Lipinski definition) is 5. The molecule has 2 N–H and O–H groups in total. The van der Waals surface area contributed by atoms with Crippen LogP contribution in [0.2, 0.25) is 5.02 Å². The highest BCUT2D eigenvalue weighted by Gasteiger charge is 2.17. The number of rotatable bonds is 7. The number of benzene rings is 2. The Morgan fingerprint density at radius 3 is 2.43 bits per heavy atom. The highest BCUT2D eigenvalue weighted by molar-refractivity contribution is 6.33. The van der Waals surface area contributed by atoms with Gasteiger partial charge in [-0.25, -0.2) is 4.98 Å². The van der Waals surface area contributed by atoms with Gasteiger partial charge >= 0.3 is 0 Å². The second kappa shape index (κ2) is 8.96. The SMILES string of the molecule is O=C(NCCNc1ccc([N+](=O)[O-])c(-c2ccccc2)n1)c1ccccc1Cl. The number of anilines is 1. The molecule has 142 valence electrons. The average molecular weight is 397 g/mol. The van der Waals surface area contributed by atoms with Crippen LogP contribution in [0.3, 0.4) is 0 Å². The molecule has 0 aliphatic heterocycles. The number of nitro groups is 1. The molecule has 0 aliphatic carbocycles. The molecule has 28 heavy (non-hydrogen) atoms. The van der Waals surface area contributed by atoms with Crippen molar-refractivity contribution in [3.8, 4) is 11.3 Å². The van der Waals surface area contributed by atoms with Gasteiger partial charge in [-0.1, -0.05) is 54.1 Å². The first-order valence-corrected chi connectivity index (χ1v) is 8.91. The minimum atomic E-state index is -0.455. The van der Waals surface area contributed by atoms with E-state index in [2.05, 4.69) is 15.6 Å². The molecule has 0 aliphatic rings. The van der Waals surface area contributed by atoms with Gasteiger partial charge in [0.2, 0.25) is 0 Å². The van der Waals surface area contributed by atoms with Crippen LogP contribution in [0.1, 0.15) is 10.4 Å². The van der Waals surface area contributed by atoms with Crippen LogP contribution >= 0.6 is 11.6 Å². The van der Waals surface area contributed by atoms with Crippen molar-refractivity contribution >= 4 is 29.0 Å². The second-order valence-electron chi connectivity index (χ2n) is 5.85. The monoisotopic (exact) mass is 396 g/mol. The number of aromatic nitrogens is 1. The van der Waals surface area contributed by atoms with Gasteiger partial charge in [-0.05, 0) is 18.2 Å². The van der Waals surface area contributed by atoms with E-state index in [-0.39, 0.29) is 17.3 Å². The lowest BCUT2D eigenvalue weighted by molar-refractivity contribution is -0.384. The lowest BCUT2D eigenvalue weighted by atomic mass is 10.1. The number of halogens is 1. The Balaban J connectivity index is 1.64. The lowest BCUT2D eigenvalue weighted by Crippen LogP contribution is -2.29. The third kappa shape index (κ3) is 4.63. The quantitative estimate of drug-likeness (QED) is 0.355. The summed E-state index contributed by atoms with van der Waals surface area (Å²) in [4.78, 5) is 27.3. The van der Waals surface area contributed by atoms with Gasteiger partial charge in [0.05, 0.1) is 15.5 Å². The van der Waals surface area contributed by atoms with Crippen molar-refractivity contribution in [3.63, 3.8) is 0 Å². The molecule has 3 rings (SSSR count). The summed E-state index contributed by atoms with van der Waals surface area (Å²) in [7, 11) is 0. The lowest BCUT2D eigenvalue weighted by Gasteiger charge is -2.10. The number of nitrogens with zero attached hydrogens (tertiary/aromatic N) is 2. The number of hydrogen-bond donors (Lipinski definition) is 2. The van der Waals surface area contributed by atoms with Gasteiger partial charge in [0.15, 0.2) is 5.69 Å². The Kier molecular flexibility index (Phi) is 6.18. The molecule has 0 fully saturated rings. The molecule has 1 amide bonds. The molecule has 0 spiro atoms. The van der Waals surface area contributed by atoms with Crippen molar-refractivity contribution in [2.75, 3.05) is 18.4 Å². The third-order valence-corrected chi connectivity index (χ3v) is 4.28. The zero-order valence-corrected chi connectivity index (χ0v) is 15.5. The van der Waals surface area contributed by atoms with E-state index in [1.807, 2.05) is 6.07 Å². The fourth-order valence-electron chi connectivity index (χ4n) is 2.61. The highest BCUT2D eigenvalue weighted by atomic mass is 35.5. The summed E-state index contributed by atoms with van der Waals surface area (Å²) in [5.41, 5.74) is 1.29. The molecular weight excluding hydrogens is 380 g/mol. The van der Waals surface area contributed by atoms with Crippen LogP contribution in [-0.4, -0.2) is 28.9 Å². The van der Waals surface area contributed by atoms with Crippen LogP contribution < -0.4 is 10.6 Å². The normalized spacial score (nSPS) is 10.3. The summed E-state index contributed by atoms with van der Waals surface area (Å²) in [6.45, 7) is 0.735. The molecule has 0 bridgehead atoms. The van der Waals surface area contributed by atoms with Crippen molar-refractivity contribution in [3.05, 3.63) is 87.4 Å². The Morgan fingerprint density at radius 1 is 1.00 bits per heavy atom. The minimum absolute atomic E-state index is 0.0660. The molecule has 7 nitrogen and oxygen atoms in total. The predicted molar refractivity (Wildman–Crippen MR) is 109 cm³/mol. The second-order valence-corrected chi connectivity index (χ2v) is 6.26. The zero-order chi connectivity index (χ0) is 19.9. The Morgan fingerprint density at radius 2 is 1.71 bits per heavy atom. The van der Waals surface area contributed by atoms with Crippen molar-refractivity contribution in [1.29, 1.82) is 0 Å². The van der Waals surface area contributed by atoms with Gasteiger partial charge in [0.1, 0.15) is 5.82 Å². The molecular formula is C20H17ClN4O3. The van der Waals surface area contributed by atoms with Crippen molar-refractivity contribution < 1.29 is 9.72 Å². The fourth-order valence-corrected chi connectivity index (χ4v) is 2.83. The first-order chi connectivity index (χ1) is 13.6. The van der Waals surface area contributed by atoms with Crippen molar-refractivity contribution in [1.82, 2.24) is 10.3 Å². The Bertz CT molecular complexity index is 996. The smallest absolute Gasteiger partial charge is 0.295 e. The fraction of sp³-hybridized carbons (Fsp3) is 0.100. The number of amides is 1. The van der Waals surface area contributed by atoms with E-state index in [0.717, 1.165) is 0 Å². The first kappa shape index (κ1) is 19.3. The molecule has 0 saturated heterocycles. The molecule has 0 atom stereocenters. The van der Waals surface area contributed by atoms with Crippen LogP contribution in [0.5, 0.6) is 0 Å². The molecule has 0 radical (unpaired) electrons. The van der Waals surface area contributed by atoms with E-state index in [0.29, 0.717) is 35.1 Å². The van der Waals surface area contributed by atoms with E-state index in [1.54, 1.807) is 54.6 Å². The topological polar surface area (TPSA) is 97.2 Å². The third-order valence-electron chi connectivity index (χ3n) is 3.95.